The first-order chi connectivity index (χ1) is 10.7. The molecule has 3 aromatic heterocycles. The molecule has 0 fully saturated rings. The molecule has 3 N–H and O–H groups in total. The molecule has 0 atom stereocenters. The van der Waals surface area contributed by atoms with Crippen molar-refractivity contribution in [3.63, 3.8) is 0 Å². The Hall–Kier alpha value is -3.36. The van der Waals surface area contributed by atoms with Gasteiger partial charge < -0.3 is 5.32 Å². The van der Waals surface area contributed by atoms with Crippen molar-refractivity contribution >= 4 is 33.4 Å². The van der Waals surface area contributed by atoms with Crippen molar-refractivity contribution in [1.82, 2.24) is 35.6 Å². The molecular weight excluding hydrogens is 284 g/mol. The Morgan fingerprint density at radius 3 is 2.86 bits per heavy atom. The number of anilines is 2. The van der Waals surface area contributed by atoms with Crippen LogP contribution < -0.4 is 10.9 Å². The van der Waals surface area contributed by atoms with Crippen molar-refractivity contribution in [1.29, 1.82) is 0 Å². The average molecular weight is 294 g/mol. The molecule has 0 bridgehead atoms. The molecule has 0 unspecified atom stereocenters. The van der Waals surface area contributed by atoms with Crippen LogP contribution in [0.25, 0.3) is 21.9 Å². The zero-order valence-corrected chi connectivity index (χ0v) is 11.5. The van der Waals surface area contributed by atoms with Gasteiger partial charge in [-0.05, 0) is 25.1 Å². The van der Waals surface area contributed by atoms with Gasteiger partial charge in [0.2, 0.25) is 0 Å². The Morgan fingerprint density at radius 2 is 1.95 bits per heavy atom. The summed E-state index contributed by atoms with van der Waals surface area (Å²) >= 11 is 0. The molecule has 0 spiro atoms. The fourth-order valence-corrected chi connectivity index (χ4v) is 2.26. The lowest BCUT2D eigenvalue weighted by Gasteiger charge is -2.08. The molecule has 108 valence electrons. The Morgan fingerprint density at radius 1 is 1.09 bits per heavy atom. The van der Waals surface area contributed by atoms with Crippen molar-refractivity contribution in [2.75, 3.05) is 5.32 Å². The SMILES string of the molecule is Cc1nc(Nc2ccc3n[nH]nc3c2)c2c(=O)[nH]ncc2n1. The summed E-state index contributed by atoms with van der Waals surface area (Å²) in [5.41, 5.74) is 2.37. The number of benzene rings is 1. The zero-order chi connectivity index (χ0) is 15.1. The molecule has 0 amide bonds. The maximum Gasteiger partial charge on any atom is 0.277 e. The van der Waals surface area contributed by atoms with Gasteiger partial charge in [0, 0.05) is 5.69 Å². The highest BCUT2D eigenvalue weighted by Crippen LogP contribution is 2.22. The van der Waals surface area contributed by atoms with Crippen molar-refractivity contribution in [2.45, 2.75) is 6.92 Å². The summed E-state index contributed by atoms with van der Waals surface area (Å²) in [6, 6.07) is 5.48. The van der Waals surface area contributed by atoms with Crippen LogP contribution in [0, 0.1) is 6.92 Å². The largest absolute Gasteiger partial charge is 0.339 e. The van der Waals surface area contributed by atoms with Gasteiger partial charge >= 0.3 is 0 Å². The third kappa shape index (κ3) is 1.95. The van der Waals surface area contributed by atoms with Crippen LogP contribution in [0.4, 0.5) is 11.5 Å². The second-order valence-electron chi connectivity index (χ2n) is 4.73. The standard InChI is InChI=1S/C13H10N8O/c1-6-15-10-5-14-20-13(22)11(10)12(16-6)17-7-2-3-8-9(4-7)19-21-18-8/h2-5H,1H3,(H,20,22)(H,15,16,17)(H,18,19,21). The van der Waals surface area contributed by atoms with E-state index in [0.717, 1.165) is 16.7 Å². The highest BCUT2D eigenvalue weighted by Gasteiger charge is 2.11. The van der Waals surface area contributed by atoms with Gasteiger partial charge in [0.05, 0.1) is 6.20 Å². The third-order valence-electron chi connectivity index (χ3n) is 3.21. The normalized spacial score (nSPS) is 11.1. The maximum absolute atomic E-state index is 12.0. The first-order valence-electron chi connectivity index (χ1n) is 6.50. The highest BCUT2D eigenvalue weighted by molar-refractivity contribution is 5.90. The molecule has 3 heterocycles. The summed E-state index contributed by atoms with van der Waals surface area (Å²) in [4.78, 5) is 20.5. The zero-order valence-electron chi connectivity index (χ0n) is 11.5. The van der Waals surface area contributed by atoms with E-state index < -0.39 is 0 Å². The summed E-state index contributed by atoms with van der Waals surface area (Å²) in [6.07, 6.45) is 1.50. The van der Waals surface area contributed by atoms with E-state index in [2.05, 4.69) is 40.9 Å². The van der Waals surface area contributed by atoms with E-state index in [1.807, 2.05) is 18.2 Å². The smallest absolute Gasteiger partial charge is 0.277 e. The molecular formula is C13H10N8O. The van der Waals surface area contributed by atoms with E-state index in [4.69, 9.17) is 0 Å². The number of aromatic nitrogens is 7. The third-order valence-corrected chi connectivity index (χ3v) is 3.21. The minimum absolute atomic E-state index is 0.345. The first-order valence-corrected chi connectivity index (χ1v) is 6.50. The van der Waals surface area contributed by atoms with Gasteiger partial charge in [0.15, 0.2) is 0 Å². The summed E-state index contributed by atoms with van der Waals surface area (Å²) in [7, 11) is 0. The van der Waals surface area contributed by atoms with E-state index >= 15 is 0 Å². The predicted octanol–water partition coefficient (Wildman–Crippen LogP) is 1.04. The van der Waals surface area contributed by atoms with Gasteiger partial charge in [-0.3, -0.25) is 4.79 Å². The molecule has 22 heavy (non-hydrogen) atoms. The molecule has 4 rings (SSSR count). The summed E-state index contributed by atoms with van der Waals surface area (Å²) < 4.78 is 0. The topological polar surface area (TPSA) is 125 Å². The second kappa shape index (κ2) is 4.58. The number of hydrogen-bond acceptors (Lipinski definition) is 7. The van der Waals surface area contributed by atoms with Crippen LogP contribution in [0.3, 0.4) is 0 Å². The maximum atomic E-state index is 12.0. The van der Waals surface area contributed by atoms with Crippen LogP contribution in [-0.4, -0.2) is 35.6 Å². The molecule has 0 radical (unpaired) electrons. The van der Waals surface area contributed by atoms with E-state index in [1.165, 1.54) is 6.20 Å². The Balaban J connectivity index is 1.88. The Kier molecular flexibility index (Phi) is 2.58. The molecule has 0 aliphatic carbocycles. The van der Waals surface area contributed by atoms with E-state index in [0.29, 0.717) is 22.5 Å². The summed E-state index contributed by atoms with van der Waals surface area (Å²) in [6.45, 7) is 1.76. The van der Waals surface area contributed by atoms with Crippen LogP contribution in [0.1, 0.15) is 5.82 Å². The van der Waals surface area contributed by atoms with Crippen LogP contribution in [0.2, 0.25) is 0 Å². The van der Waals surface area contributed by atoms with Gasteiger partial charge in [-0.2, -0.15) is 20.5 Å². The first kappa shape index (κ1) is 12.4. The van der Waals surface area contributed by atoms with Crippen LogP contribution in [0.5, 0.6) is 0 Å². The lowest BCUT2D eigenvalue weighted by atomic mass is 10.2. The number of H-pyrrole nitrogens is 2. The number of nitrogens with one attached hydrogen (secondary N) is 3. The number of fused-ring (bicyclic) bond motifs is 2. The molecule has 1 aromatic carbocycles. The van der Waals surface area contributed by atoms with Crippen LogP contribution in [-0.2, 0) is 0 Å². The number of rotatable bonds is 2. The minimum Gasteiger partial charge on any atom is -0.339 e. The second-order valence-corrected chi connectivity index (χ2v) is 4.73. The highest BCUT2D eigenvalue weighted by atomic mass is 16.1. The molecule has 0 saturated heterocycles. The predicted molar refractivity (Wildman–Crippen MR) is 79.9 cm³/mol. The summed E-state index contributed by atoms with van der Waals surface area (Å²) in [5, 5.41) is 20.2. The van der Waals surface area contributed by atoms with Crippen molar-refractivity contribution in [2.24, 2.45) is 0 Å². The number of hydrogen-bond donors (Lipinski definition) is 3. The lowest BCUT2D eigenvalue weighted by Crippen LogP contribution is -2.12. The monoisotopic (exact) mass is 294 g/mol. The lowest BCUT2D eigenvalue weighted by molar-refractivity contribution is 0.959. The van der Waals surface area contributed by atoms with Crippen molar-refractivity contribution in [3.05, 3.63) is 40.6 Å². The van der Waals surface area contributed by atoms with Crippen molar-refractivity contribution in [3.8, 4) is 0 Å². The fourth-order valence-electron chi connectivity index (χ4n) is 2.26. The molecule has 4 aromatic rings. The van der Waals surface area contributed by atoms with Crippen molar-refractivity contribution < 1.29 is 0 Å². The summed E-state index contributed by atoms with van der Waals surface area (Å²) in [5.74, 6) is 0.971. The Bertz CT molecular complexity index is 1050. The van der Waals surface area contributed by atoms with E-state index in [9.17, 15) is 4.79 Å². The molecule has 0 aliphatic rings. The minimum atomic E-state index is -0.345. The molecule has 0 saturated carbocycles. The van der Waals surface area contributed by atoms with Gasteiger partial charge in [-0.15, -0.1) is 0 Å². The van der Waals surface area contributed by atoms with Gasteiger partial charge in [-0.25, -0.2) is 15.1 Å². The Labute approximate surface area is 122 Å². The van der Waals surface area contributed by atoms with Gasteiger partial charge in [-0.1, -0.05) is 0 Å². The fraction of sp³-hybridized carbons (Fsp3) is 0.0769. The van der Waals surface area contributed by atoms with Crippen LogP contribution in [0.15, 0.2) is 29.2 Å². The molecule has 0 aliphatic heterocycles. The average Bonchev–Trinajstić information content (AvgIpc) is 2.94. The molecule has 9 nitrogen and oxygen atoms in total. The van der Waals surface area contributed by atoms with Gasteiger partial charge in [0.25, 0.3) is 5.56 Å². The number of aryl methyl sites for hydroxylation is 1. The quantitative estimate of drug-likeness (QED) is 0.504. The number of nitrogens with zero attached hydrogens (tertiary/aromatic N) is 5. The number of aromatic amines is 2. The van der Waals surface area contributed by atoms with E-state index in [1.54, 1.807) is 6.92 Å². The van der Waals surface area contributed by atoms with Crippen LogP contribution >= 0.6 is 0 Å². The molecule has 9 heteroatoms. The van der Waals surface area contributed by atoms with Gasteiger partial charge in [0.1, 0.15) is 33.6 Å². The van der Waals surface area contributed by atoms with E-state index in [-0.39, 0.29) is 5.56 Å².